The van der Waals surface area contributed by atoms with Gasteiger partial charge >= 0.3 is 0 Å². The predicted octanol–water partition coefficient (Wildman–Crippen LogP) is 4.39. The standard InChI is InChI=1S/C17H24BrN/c18-13-17(9-3-4-10-17)14-19-11-5-8-15-6-1-2-7-16(15)12-19/h1-2,6-7H,3-5,8-14H2. The quantitative estimate of drug-likeness (QED) is 0.746. The molecular formula is C17H24BrN. The van der Waals surface area contributed by atoms with Crippen molar-refractivity contribution in [3.8, 4) is 0 Å². The molecule has 1 fully saturated rings. The van der Waals surface area contributed by atoms with E-state index in [0.717, 1.165) is 6.54 Å². The van der Waals surface area contributed by atoms with E-state index in [0.29, 0.717) is 5.41 Å². The number of nitrogens with zero attached hydrogens (tertiary/aromatic N) is 1. The second-order valence-corrected chi connectivity index (χ2v) is 6.98. The molecule has 0 radical (unpaired) electrons. The molecule has 1 aliphatic heterocycles. The van der Waals surface area contributed by atoms with E-state index in [1.165, 1.54) is 56.9 Å². The van der Waals surface area contributed by atoms with Gasteiger partial charge in [0.1, 0.15) is 0 Å². The maximum Gasteiger partial charge on any atom is 0.0236 e. The van der Waals surface area contributed by atoms with Crippen molar-refractivity contribution in [1.82, 2.24) is 4.90 Å². The summed E-state index contributed by atoms with van der Waals surface area (Å²) in [5.41, 5.74) is 3.69. The maximum atomic E-state index is 3.78. The Morgan fingerprint density at radius 2 is 1.79 bits per heavy atom. The monoisotopic (exact) mass is 321 g/mol. The van der Waals surface area contributed by atoms with E-state index in [1.807, 2.05) is 0 Å². The molecule has 1 aromatic carbocycles. The van der Waals surface area contributed by atoms with Crippen LogP contribution in [0.1, 0.15) is 43.2 Å². The van der Waals surface area contributed by atoms with E-state index in [2.05, 4.69) is 45.1 Å². The number of halogens is 1. The van der Waals surface area contributed by atoms with E-state index < -0.39 is 0 Å². The zero-order valence-corrected chi connectivity index (χ0v) is 13.3. The van der Waals surface area contributed by atoms with Crippen LogP contribution in [0.15, 0.2) is 24.3 Å². The third-order valence-electron chi connectivity index (χ3n) is 4.94. The lowest BCUT2D eigenvalue weighted by atomic mass is 9.88. The molecule has 0 unspecified atom stereocenters. The van der Waals surface area contributed by atoms with Crippen molar-refractivity contribution in [1.29, 1.82) is 0 Å². The molecule has 0 amide bonds. The average molecular weight is 322 g/mol. The fourth-order valence-electron chi connectivity index (χ4n) is 3.84. The maximum absolute atomic E-state index is 3.78. The normalized spacial score (nSPS) is 23.0. The fourth-order valence-corrected chi connectivity index (χ4v) is 4.58. The van der Waals surface area contributed by atoms with Crippen molar-refractivity contribution in [3.05, 3.63) is 35.4 Å². The first-order valence-corrected chi connectivity index (χ1v) is 8.79. The van der Waals surface area contributed by atoms with Gasteiger partial charge in [0.15, 0.2) is 0 Å². The Kier molecular flexibility index (Phi) is 4.28. The number of hydrogen-bond donors (Lipinski definition) is 0. The third-order valence-corrected chi connectivity index (χ3v) is 6.13. The molecule has 0 spiro atoms. The van der Waals surface area contributed by atoms with Crippen LogP contribution in [0.2, 0.25) is 0 Å². The topological polar surface area (TPSA) is 3.24 Å². The molecule has 1 aromatic rings. The van der Waals surface area contributed by atoms with Gasteiger partial charge in [0, 0.05) is 18.4 Å². The first-order chi connectivity index (χ1) is 9.31. The zero-order valence-electron chi connectivity index (χ0n) is 11.7. The summed E-state index contributed by atoms with van der Waals surface area (Å²) in [4.78, 5) is 2.71. The lowest BCUT2D eigenvalue weighted by Crippen LogP contribution is -2.37. The summed E-state index contributed by atoms with van der Waals surface area (Å²) in [5, 5.41) is 1.18. The van der Waals surface area contributed by atoms with Crippen LogP contribution in [0, 0.1) is 5.41 Å². The van der Waals surface area contributed by atoms with Crippen molar-refractivity contribution in [3.63, 3.8) is 0 Å². The van der Waals surface area contributed by atoms with E-state index in [-0.39, 0.29) is 0 Å². The minimum atomic E-state index is 0.555. The van der Waals surface area contributed by atoms with E-state index in [1.54, 1.807) is 11.1 Å². The van der Waals surface area contributed by atoms with Crippen LogP contribution in [-0.2, 0) is 13.0 Å². The molecule has 19 heavy (non-hydrogen) atoms. The lowest BCUT2D eigenvalue weighted by Gasteiger charge is -2.33. The first kappa shape index (κ1) is 13.6. The Morgan fingerprint density at radius 3 is 2.53 bits per heavy atom. The van der Waals surface area contributed by atoms with Gasteiger partial charge in [0.2, 0.25) is 0 Å². The molecule has 1 aliphatic carbocycles. The smallest absolute Gasteiger partial charge is 0.0236 e. The number of hydrogen-bond acceptors (Lipinski definition) is 1. The summed E-state index contributed by atoms with van der Waals surface area (Å²) in [6.07, 6.45) is 8.25. The van der Waals surface area contributed by atoms with Crippen molar-refractivity contribution in [2.24, 2.45) is 5.41 Å². The van der Waals surface area contributed by atoms with Crippen LogP contribution in [-0.4, -0.2) is 23.3 Å². The van der Waals surface area contributed by atoms with Gasteiger partial charge in [-0.1, -0.05) is 53.0 Å². The van der Waals surface area contributed by atoms with Crippen molar-refractivity contribution < 1.29 is 0 Å². The Balaban J connectivity index is 1.72. The summed E-state index contributed by atoms with van der Waals surface area (Å²) in [5.74, 6) is 0. The van der Waals surface area contributed by atoms with Crippen molar-refractivity contribution >= 4 is 15.9 Å². The molecule has 0 bridgehead atoms. The first-order valence-electron chi connectivity index (χ1n) is 7.66. The number of rotatable bonds is 3. The van der Waals surface area contributed by atoms with Gasteiger partial charge in [-0.3, -0.25) is 4.90 Å². The van der Waals surface area contributed by atoms with Gasteiger partial charge in [-0.05, 0) is 48.8 Å². The summed E-state index contributed by atoms with van der Waals surface area (Å²) in [6.45, 7) is 3.71. The highest BCUT2D eigenvalue weighted by atomic mass is 79.9. The second-order valence-electron chi connectivity index (χ2n) is 6.42. The van der Waals surface area contributed by atoms with Crippen LogP contribution in [0.25, 0.3) is 0 Å². The Bertz CT molecular complexity index is 423. The van der Waals surface area contributed by atoms with Gasteiger partial charge in [0.05, 0.1) is 0 Å². The SMILES string of the molecule is BrCC1(CN2CCCc3ccccc3C2)CCCC1. The van der Waals surface area contributed by atoms with E-state index in [4.69, 9.17) is 0 Å². The molecule has 0 saturated heterocycles. The summed E-state index contributed by atoms with van der Waals surface area (Å²) >= 11 is 3.78. The number of benzene rings is 1. The van der Waals surface area contributed by atoms with E-state index in [9.17, 15) is 0 Å². The lowest BCUT2D eigenvalue weighted by molar-refractivity contribution is 0.167. The summed E-state index contributed by atoms with van der Waals surface area (Å²) < 4.78 is 0. The van der Waals surface area contributed by atoms with Crippen LogP contribution in [0.4, 0.5) is 0 Å². The molecular weight excluding hydrogens is 298 g/mol. The Hall–Kier alpha value is -0.340. The number of fused-ring (bicyclic) bond motifs is 1. The summed E-state index contributed by atoms with van der Waals surface area (Å²) in [6, 6.07) is 9.02. The molecule has 1 saturated carbocycles. The fraction of sp³-hybridized carbons (Fsp3) is 0.647. The van der Waals surface area contributed by atoms with Crippen LogP contribution in [0.3, 0.4) is 0 Å². The van der Waals surface area contributed by atoms with Gasteiger partial charge in [-0.15, -0.1) is 0 Å². The largest absolute Gasteiger partial charge is 0.298 e. The van der Waals surface area contributed by atoms with Crippen molar-refractivity contribution in [2.45, 2.75) is 45.1 Å². The number of aryl methyl sites for hydroxylation is 1. The molecule has 2 aliphatic rings. The second kappa shape index (κ2) is 5.97. The highest BCUT2D eigenvalue weighted by Crippen LogP contribution is 2.40. The van der Waals surface area contributed by atoms with Crippen molar-refractivity contribution in [2.75, 3.05) is 18.4 Å². The van der Waals surface area contributed by atoms with Gasteiger partial charge in [-0.25, -0.2) is 0 Å². The average Bonchev–Trinajstić information content (AvgIpc) is 2.80. The molecule has 0 N–H and O–H groups in total. The molecule has 104 valence electrons. The van der Waals surface area contributed by atoms with Crippen LogP contribution < -0.4 is 0 Å². The minimum absolute atomic E-state index is 0.555. The van der Waals surface area contributed by atoms with Gasteiger partial charge in [-0.2, -0.15) is 0 Å². The van der Waals surface area contributed by atoms with Gasteiger partial charge in [0.25, 0.3) is 0 Å². The van der Waals surface area contributed by atoms with E-state index >= 15 is 0 Å². The number of alkyl halides is 1. The molecule has 1 heterocycles. The molecule has 0 aromatic heterocycles. The highest BCUT2D eigenvalue weighted by Gasteiger charge is 2.34. The highest BCUT2D eigenvalue weighted by molar-refractivity contribution is 9.09. The minimum Gasteiger partial charge on any atom is -0.298 e. The summed E-state index contributed by atoms with van der Waals surface area (Å²) in [7, 11) is 0. The van der Waals surface area contributed by atoms with Crippen LogP contribution >= 0.6 is 15.9 Å². The molecule has 2 heteroatoms. The Morgan fingerprint density at radius 1 is 1.05 bits per heavy atom. The third kappa shape index (κ3) is 3.05. The molecule has 1 nitrogen and oxygen atoms in total. The molecule has 3 rings (SSSR count). The van der Waals surface area contributed by atoms with Crippen LogP contribution in [0.5, 0.6) is 0 Å². The van der Waals surface area contributed by atoms with Gasteiger partial charge < -0.3 is 0 Å². The molecule has 0 atom stereocenters. The predicted molar refractivity (Wildman–Crippen MR) is 84.7 cm³/mol. The Labute approximate surface area is 125 Å². The zero-order chi connectivity index (χ0) is 13.1.